The zero-order chi connectivity index (χ0) is 19.7. The Balaban J connectivity index is 1.59. The Morgan fingerprint density at radius 3 is 2.46 bits per heavy atom. The maximum atomic E-state index is 9.40. The monoisotopic (exact) mass is 434 g/mol. The molecule has 1 aromatic heterocycles. The van der Waals surface area contributed by atoms with Gasteiger partial charge in [-0.3, -0.25) is 9.88 Å². The summed E-state index contributed by atoms with van der Waals surface area (Å²) in [5.41, 5.74) is 3.93. The van der Waals surface area contributed by atoms with E-state index in [4.69, 9.17) is 0 Å². The highest BCUT2D eigenvalue weighted by atomic mass is 79.9. The summed E-state index contributed by atoms with van der Waals surface area (Å²) in [4.78, 5) is 9.48. The second kappa shape index (κ2) is 7.90. The van der Waals surface area contributed by atoms with Gasteiger partial charge in [0.1, 0.15) is 6.07 Å². The molecule has 2 heterocycles. The fraction of sp³-hybridized carbons (Fsp3) is 0.304. The van der Waals surface area contributed by atoms with E-state index in [1.165, 1.54) is 11.3 Å². The van der Waals surface area contributed by atoms with Gasteiger partial charge < -0.3 is 4.90 Å². The third-order valence-corrected chi connectivity index (χ3v) is 6.12. The average Bonchev–Trinajstić information content (AvgIpc) is 2.71. The molecule has 0 bridgehead atoms. The number of rotatable bonds is 3. The Labute approximate surface area is 174 Å². The van der Waals surface area contributed by atoms with Gasteiger partial charge in [0.25, 0.3) is 0 Å². The molecule has 2 aromatic carbocycles. The molecule has 1 saturated heterocycles. The summed E-state index contributed by atoms with van der Waals surface area (Å²) in [5, 5.41) is 10.5. The van der Waals surface area contributed by atoms with Crippen LogP contribution in [0.4, 0.5) is 5.69 Å². The van der Waals surface area contributed by atoms with E-state index < -0.39 is 0 Å². The Kier molecular flexibility index (Phi) is 5.34. The minimum Gasteiger partial charge on any atom is -0.368 e. The van der Waals surface area contributed by atoms with Crippen LogP contribution in [-0.2, 0) is 6.54 Å². The van der Waals surface area contributed by atoms with Gasteiger partial charge in [0.2, 0.25) is 0 Å². The van der Waals surface area contributed by atoms with Crippen molar-refractivity contribution in [2.24, 2.45) is 0 Å². The molecule has 0 unspecified atom stereocenters. The van der Waals surface area contributed by atoms with Crippen molar-refractivity contribution < 1.29 is 0 Å². The zero-order valence-corrected chi connectivity index (χ0v) is 17.7. The van der Waals surface area contributed by atoms with E-state index in [0.717, 1.165) is 35.0 Å². The van der Waals surface area contributed by atoms with Crippen molar-refractivity contribution in [2.45, 2.75) is 32.5 Å². The summed E-state index contributed by atoms with van der Waals surface area (Å²) in [5.74, 6) is 0. The molecular weight excluding hydrogens is 412 g/mol. The predicted octanol–water partition coefficient (Wildman–Crippen LogP) is 4.97. The van der Waals surface area contributed by atoms with Crippen molar-refractivity contribution in [2.75, 3.05) is 18.0 Å². The Hall–Kier alpha value is -2.42. The van der Waals surface area contributed by atoms with Crippen molar-refractivity contribution in [1.29, 1.82) is 5.26 Å². The van der Waals surface area contributed by atoms with Crippen LogP contribution in [0.2, 0.25) is 0 Å². The number of nitriles is 1. The van der Waals surface area contributed by atoms with Crippen molar-refractivity contribution in [1.82, 2.24) is 9.88 Å². The normalized spacial score (nSPS) is 20.3. The summed E-state index contributed by atoms with van der Waals surface area (Å²) in [7, 11) is 0. The number of fused-ring (bicyclic) bond motifs is 1. The number of anilines is 1. The number of halogens is 1. The van der Waals surface area contributed by atoms with Crippen LogP contribution in [0.15, 0.2) is 59.2 Å². The van der Waals surface area contributed by atoms with Gasteiger partial charge in [0.15, 0.2) is 0 Å². The molecule has 1 fully saturated rings. The van der Waals surface area contributed by atoms with Gasteiger partial charge in [-0.05, 0) is 55.8 Å². The molecule has 0 saturated carbocycles. The Morgan fingerprint density at radius 2 is 1.79 bits per heavy atom. The number of nitrogens with zero attached hydrogens (tertiary/aromatic N) is 4. The SMILES string of the molecule is C[C@@H]1CN(c2ccc(C#N)c3ncccc23)C[C@H](C)N1Cc1ccc(Br)cc1. The van der Waals surface area contributed by atoms with Gasteiger partial charge in [0.05, 0.1) is 11.1 Å². The van der Waals surface area contributed by atoms with E-state index in [9.17, 15) is 5.26 Å². The van der Waals surface area contributed by atoms with Crippen LogP contribution in [0.25, 0.3) is 10.9 Å². The quantitative estimate of drug-likeness (QED) is 0.583. The first-order valence-electron chi connectivity index (χ1n) is 9.60. The van der Waals surface area contributed by atoms with Gasteiger partial charge in [0, 0.05) is 53.5 Å². The minimum atomic E-state index is 0.426. The predicted molar refractivity (Wildman–Crippen MR) is 117 cm³/mol. The summed E-state index contributed by atoms with van der Waals surface area (Å²) in [6.07, 6.45) is 1.76. The van der Waals surface area contributed by atoms with Crippen molar-refractivity contribution in [3.8, 4) is 6.07 Å². The lowest BCUT2D eigenvalue weighted by Gasteiger charge is -2.45. The molecule has 0 N–H and O–H groups in total. The largest absolute Gasteiger partial charge is 0.368 e. The van der Waals surface area contributed by atoms with Gasteiger partial charge in [-0.2, -0.15) is 5.26 Å². The highest BCUT2D eigenvalue weighted by Crippen LogP contribution is 2.31. The van der Waals surface area contributed by atoms with E-state index in [-0.39, 0.29) is 0 Å². The molecule has 1 aliphatic heterocycles. The summed E-state index contributed by atoms with van der Waals surface area (Å²) < 4.78 is 1.11. The van der Waals surface area contributed by atoms with Crippen molar-refractivity contribution >= 4 is 32.5 Å². The second-order valence-electron chi connectivity index (χ2n) is 7.55. The highest BCUT2D eigenvalue weighted by molar-refractivity contribution is 9.10. The molecule has 142 valence electrons. The molecule has 0 spiro atoms. The fourth-order valence-electron chi connectivity index (χ4n) is 4.19. The number of aromatic nitrogens is 1. The molecule has 0 aliphatic carbocycles. The van der Waals surface area contributed by atoms with Crippen LogP contribution in [0.3, 0.4) is 0 Å². The standard InChI is InChI=1S/C23H23BrN4/c1-16-13-27(14-17(2)28(16)15-18-5-8-20(24)9-6-18)22-10-7-19(12-25)23-21(22)4-3-11-26-23/h3-11,16-17H,13-15H2,1-2H3/t16-,17+. The first kappa shape index (κ1) is 18.9. The molecule has 1 aliphatic rings. The molecule has 0 radical (unpaired) electrons. The average molecular weight is 435 g/mol. The molecule has 28 heavy (non-hydrogen) atoms. The van der Waals surface area contributed by atoms with Crippen LogP contribution in [0.5, 0.6) is 0 Å². The van der Waals surface area contributed by atoms with Crippen LogP contribution in [0.1, 0.15) is 25.0 Å². The smallest absolute Gasteiger partial charge is 0.101 e. The third-order valence-electron chi connectivity index (χ3n) is 5.59. The maximum absolute atomic E-state index is 9.40. The Bertz CT molecular complexity index is 1010. The molecule has 2 atom stereocenters. The summed E-state index contributed by atoms with van der Waals surface area (Å²) in [6.45, 7) is 7.46. The maximum Gasteiger partial charge on any atom is 0.101 e. The Morgan fingerprint density at radius 1 is 1.07 bits per heavy atom. The number of piperazine rings is 1. The van der Waals surface area contributed by atoms with Crippen molar-refractivity contribution in [3.63, 3.8) is 0 Å². The molecular formula is C23H23BrN4. The molecule has 4 rings (SSSR count). The lowest BCUT2D eigenvalue weighted by Crippen LogP contribution is -2.56. The number of hydrogen-bond acceptors (Lipinski definition) is 4. The number of benzene rings is 2. The molecule has 4 nitrogen and oxygen atoms in total. The van der Waals surface area contributed by atoms with Crippen LogP contribution >= 0.6 is 15.9 Å². The van der Waals surface area contributed by atoms with Gasteiger partial charge >= 0.3 is 0 Å². The van der Waals surface area contributed by atoms with E-state index in [1.807, 2.05) is 12.1 Å². The van der Waals surface area contributed by atoms with Gasteiger partial charge in [-0.25, -0.2) is 0 Å². The van der Waals surface area contributed by atoms with Gasteiger partial charge in [-0.1, -0.05) is 28.1 Å². The summed E-state index contributed by atoms with van der Waals surface area (Å²) in [6, 6.07) is 19.7. The molecule has 5 heteroatoms. The third kappa shape index (κ3) is 3.63. The van der Waals surface area contributed by atoms with Gasteiger partial charge in [-0.15, -0.1) is 0 Å². The van der Waals surface area contributed by atoms with Crippen LogP contribution in [-0.4, -0.2) is 35.1 Å². The minimum absolute atomic E-state index is 0.426. The van der Waals surface area contributed by atoms with E-state index in [1.54, 1.807) is 6.20 Å². The lowest BCUT2D eigenvalue weighted by molar-refractivity contribution is 0.123. The van der Waals surface area contributed by atoms with E-state index in [0.29, 0.717) is 17.6 Å². The molecule has 3 aromatic rings. The first-order valence-corrected chi connectivity index (χ1v) is 10.4. The summed E-state index contributed by atoms with van der Waals surface area (Å²) >= 11 is 3.51. The van der Waals surface area contributed by atoms with Crippen molar-refractivity contribution in [3.05, 3.63) is 70.3 Å². The first-order chi connectivity index (χ1) is 13.6. The molecule has 0 amide bonds. The van der Waals surface area contributed by atoms with E-state index >= 15 is 0 Å². The highest BCUT2D eigenvalue weighted by Gasteiger charge is 2.30. The number of pyridine rings is 1. The second-order valence-corrected chi connectivity index (χ2v) is 8.46. The van der Waals surface area contributed by atoms with E-state index in [2.05, 4.69) is 87.0 Å². The number of hydrogen-bond donors (Lipinski definition) is 0. The fourth-order valence-corrected chi connectivity index (χ4v) is 4.45. The van der Waals surface area contributed by atoms with Crippen LogP contribution in [0, 0.1) is 11.3 Å². The topological polar surface area (TPSA) is 43.2 Å². The lowest BCUT2D eigenvalue weighted by atomic mass is 10.0. The van der Waals surface area contributed by atoms with Crippen LogP contribution < -0.4 is 4.90 Å². The zero-order valence-electron chi connectivity index (χ0n) is 16.1.